The van der Waals surface area contributed by atoms with Crippen molar-refractivity contribution >= 4 is 11.4 Å². The van der Waals surface area contributed by atoms with Crippen molar-refractivity contribution in [3.63, 3.8) is 0 Å². The first-order valence-electron chi connectivity index (χ1n) is 11.9. The van der Waals surface area contributed by atoms with E-state index in [4.69, 9.17) is 9.47 Å². The SMILES string of the molecule is CC1=C(C2=CCC(=O)CC2)C(c2ccc(OCCN3CC(CF)C3)cc2)Oc2ccc(O)cc21. The second-order valence-corrected chi connectivity index (χ2v) is 9.39. The maximum atomic E-state index is 12.6. The van der Waals surface area contributed by atoms with Crippen LogP contribution in [0.15, 0.2) is 59.7 Å². The average molecular weight is 464 g/mol. The molecule has 1 unspecified atom stereocenters. The normalized spacial score (nSPS) is 20.9. The summed E-state index contributed by atoms with van der Waals surface area (Å²) < 4.78 is 24.9. The number of ketones is 1. The van der Waals surface area contributed by atoms with Crippen molar-refractivity contribution in [1.82, 2.24) is 4.90 Å². The van der Waals surface area contributed by atoms with E-state index in [2.05, 4.69) is 11.8 Å². The molecule has 34 heavy (non-hydrogen) atoms. The van der Waals surface area contributed by atoms with Gasteiger partial charge in [0.1, 0.15) is 35.7 Å². The number of hydrogen-bond donors (Lipinski definition) is 1. The topological polar surface area (TPSA) is 59.0 Å². The summed E-state index contributed by atoms with van der Waals surface area (Å²) in [5.41, 5.74) is 5.15. The Morgan fingerprint density at radius 1 is 1.15 bits per heavy atom. The summed E-state index contributed by atoms with van der Waals surface area (Å²) in [4.78, 5) is 14.0. The fraction of sp³-hybridized carbons (Fsp3) is 0.393. The molecule has 0 spiro atoms. The van der Waals surface area contributed by atoms with E-state index in [1.54, 1.807) is 18.2 Å². The number of hydrogen-bond acceptors (Lipinski definition) is 5. The molecular formula is C28H30FNO4. The Bertz CT molecular complexity index is 1130. The molecule has 0 aromatic heterocycles. The Balaban J connectivity index is 1.35. The fourth-order valence-corrected chi connectivity index (χ4v) is 5.03. The Kier molecular flexibility index (Phi) is 6.42. The molecule has 5 nitrogen and oxygen atoms in total. The molecule has 0 amide bonds. The highest BCUT2D eigenvalue weighted by Gasteiger charge is 2.31. The number of nitrogens with zero attached hydrogens (tertiary/aromatic N) is 1. The summed E-state index contributed by atoms with van der Waals surface area (Å²) >= 11 is 0. The van der Waals surface area contributed by atoms with E-state index in [0.29, 0.717) is 25.9 Å². The highest BCUT2D eigenvalue weighted by molar-refractivity contribution is 5.84. The molecule has 1 fully saturated rings. The molecule has 178 valence electrons. The Morgan fingerprint density at radius 2 is 1.94 bits per heavy atom. The van der Waals surface area contributed by atoms with Crippen LogP contribution in [0.5, 0.6) is 17.2 Å². The van der Waals surface area contributed by atoms with E-state index in [9.17, 15) is 14.3 Å². The van der Waals surface area contributed by atoms with Crippen LogP contribution in [0.2, 0.25) is 0 Å². The quantitative estimate of drug-likeness (QED) is 0.607. The van der Waals surface area contributed by atoms with Crippen LogP contribution >= 0.6 is 0 Å². The van der Waals surface area contributed by atoms with Crippen LogP contribution < -0.4 is 9.47 Å². The number of carbonyl (C=O) groups excluding carboxylic acids is 1. The third kappa shape index (κ3) is 4.60. The number of ether oxygens (including phenoxy) is 2. The molecule has 2 heterocycles. The van der Waals surface area contributed by atoms with Crippen LogP contribution in [0.3, 0.4) is 0 Å². The van der Waals surface area contributed by atoms with Crippen LogP contribution in [-0.2, 0) is 4.79 Å². The molecule has 0 saturated carbocycles. The predicted molar refractivity (Wildman–Crippen MR) is 129 cm³/mol. The van der Waals surface area contributed by atoms with Gasteiger partial charge in [-0.15, -0.1) is 0 Å². The van der Waals surface area contributed by atoms with E-state index in [0.717, 1.165) is 59.0 Å². The maximum absolute atomic E-state index is 12.6. The number of phenolic OH excluding ortho intramolecular Hbond substituents is 1. The van der Waals surface area contributed by atoms with Gasteiger partial charge in [0.15, 0.2) is 0 Å². The first-order chi connectivity index (χ1) is 16.5. The van der Waals surface area contributed by atoms with E-state index >= 15 is 0 Å². The standard InChI is InChI=1S/C28H30FNO4/c1-18-25-14-23(32)8-11-26(25)34-28(27(18)20-2-6-22(31)7-3-20)21-4-9-24(10-5-21)33-13-12-30-16-19(15-29)17-30/h2,4-5,8-11,14,19,28,32H,3,6-7,12-13,15-17H2,1H3. The van der Waals surface area contributed by atoms with Gasteiger partial charge in [-0.05, 0) is 60.4 Å². The van der Waals surface area contributed by atoms with Gasteiger partial charge in [0, 0.05) is 49.5 Å². The average Bonchev–Trinajstić information content (AvgIpc) is 2.82. The molecule has 0 bridgehead atoms. The zero-order valence-corrected chi connectivity index (χ0v) is 19.4. The predicted octanol–water partition coefficient (Wildman–Crippen LogP) is 5.26. The summed E-state index contributed by atoms with van der Waals surface area (Å²) in [5.74, 6) is 2.17. The number of benzene rings is 2. The lowest BCUT2D eigenvalue weighted by molar-refractivity contribution is -0.118. The third-order valence-corrected chi connectivity index (χ3v) is 6.98. The number of allylic oxidation sites excluding steroid dienone is 2. The van der Waals surface area contributed by atoms with Crippen molar-refractivity contribution in [2.75, 3.05) is 32.9 Å². The smallest absolute Gasteiger partial charge is 0.149 e. The molecule has 1 atom stereocenters. The lowest BCUT2D eigenvalue weighted by atomic mass is 9.82. The highest BCUT2D eigenvalue weighted by atomic mass is 19.1. The molecule has 2 aliphatic heterocycles. The maximum Gasteiger partial charge on any atom is 0.149 e. The number of aromatic hydroxyl groups is 1. The summed E-state index contributed by atoms with van der Waals surface area (Å²) in [6, 6.07) is 13.1. The van der Waals surface area contributed by atoms with Gasteiger partial charge in [0.05, 0.1) is 6.67 Å². The minimum atomic E-state index is -0.302. The monoisotopic (exact) mass is 463 g/mol. The Labute approximate surface area is 199 Å². The van der Waals surface area contributed by atoms with Gasteiger partial charge in [-0.1, -0.05) is 18.2 Å². The van der Waals surface area contributed by atoms with Crippen LogP contribution in [0, 0.1) is 5.92 Å². The molecule has 5 rings (SSSR count). The summed E-state index contributed by atoms with van der Waals surface area (Å²) in [5, 5.41) is 10.0. The van der Waals surface area contributed by atoms with Crippen LogP contribution in [-0.4, -0.2) is 48.7 Å². The van der Waals surface area contributed by atoms with E-state index < -0.39 is 0 Å². The number of alkyl halides is 1. The van der Waals surface area contributed by atoms with Crippen molar-refractivity contribution in [3.05, 3.63) is 70.8 Å². The molecule has 1 saturated heterocycles. The summed E-state index contributed by atoms with van der Waals surface area (Å²) in [6.45, 7) is 4.81. The van der Waals surface area contributed by atoms with Gasteiger partial charge >= 0.3 is 0 Å². The Hall–Kier alpha value is -3.12. The van der Waals surface area contributed by atoms with Gasteiger partial charge < -0.3 is 14.6 Å². The van der Waals surface area contributed by atoms with Crippen LogP contribution in [0.1, 0.15) is 43.4 Å². The molecule has 2 aromatic carbocycles. The second-order valence-electron chi connectivity index (χ2n) is 9.39. The lowest BCUT2D eigenvalue weighted by Crippen LogP contribution is -2.49. The number of likely N-dealkylation sites (tertiary alicyclic amines) is 1. The van der Waals surface area contributed by atoms with Crippen molar-refractivity contribution in [3.8, 4) is 17.2 Å². The molecule has 2 aromatic rings. The zero-order chi connectivity index (χ0) is 23.7. The van der Waals surface area contributed by atoms with E-state index in [1.165, 1.54) is 0 Å². The molecule has 1 aliphatic carbocycles. The largest absolute Gasteiger partial charge is 0.508 e. The first-order valence-corrected chi connectivity index (χ1v) is 11.9. The molecule has 6 heteroatoms. The van der Waals surface area contributed by atoms with Gasteiger partial charge in [-0.3, -0.25) is 14.1 Å². The third-order valence-electron chi connectivity index (χ3n) is 6.98. The summed E-state index contributed by atoms with van der Waals surface area (Å²) in [6.07, 6.45) is 3.40. The first kappa shape index (κ1) is 22.7. The van der Waals surface area contributed by atoms with Gasteiger partial charge in [-0.2, -0.15) is 0 Å². The molecule has 0 radical (unpaired) electrons. The highest BCUT2D eigenvalue weighted by Crippen LogP contribution is 2.47. The van der Waals surface area contributed by atoms with Crippen molar-refractivity contribution in [1.29, 1.82) is 0 Å². The fourth-order valence-electron chi connectivity index (χ4n) is 5.03. The minimum Gasteiger partial charge on any atom is -0.508 e. The minimum absolute atomic E-state index is 0.187. The second kappa shape index (κ2) is 9.63. The van der Waals surface area contributed by atoms with E-state index in [1.807, 2.05) is 30.3 Å². The number of phenols is 1. The van der Waals surface area contributed by atoms with Gasteiger partial charge in [0.25, 0.3) is 0 Å². The van der Waals surface area contributed by atoms with Crippen molar-refractivity contribution in [2.24, 2.45) is 5.92 Å². The molecule has 1 N–H and O–H groups in total. The molecular weight excluding hydrogens is 433 g/mol. The number of rotatable bonds is 7. The number of carbonyl (C=O) groups is 1. The van der Waals surface area contributed by atoms with Gasteiger partial charge in [0.2, 0.25) is 0 Å². The van der Waals surface area contributed by atoms with E-state index in [-0.39, 0.29) is 30.2 Å². The number of halogens is 1. The molecule has 3 aliphatic rings. The van der Waals surface area contributed by atoms with Crippen LogP contribution in [0.25, 0.3) is 5.57 Å². The van der Waals surface area contributed by atoms with Crippen LogP contribution in [0.4, 0.5) is 4.39 Å². The zero-order valence-electron chi connectivity index (χ0n) is 19.4. The lowest BCUT2D eigenvalue weighted by Gasteiger charge is -2.37. The van der Waals surface area contributed by atoms with Gasteiger partial charge in [-0.25, -0.2) is 0 Å². The Morgan fingerprint density at radius 3 is 2.65 bits per heavy atom. The number of Topliss-reactive ketones (excluding diaryl/α,β-unsaturated/α-hetero) is 1. The number of fused-ring (bicyclic) bond motifs is 1. The van der Waals surface area contributed by atoms with Crippen molar-refractivity contribution in [2.45, 2.75) is 32.3 Å². The summed E-state index contributed by atoms with van der Waals surface area (Å²) in [7, 11) is 0. The van der Waals surface area contributed by atoms with Crippen molar-refractivity contribution < 1.29 is 23.8 Å².